The van der Waals surface area contributed by atoms with Gasteiger partial charge < -0.3 is 9.84 Å². The van der Waals surface area contributed by atoms with Gasteiger partial charge in [0.05, 0.1) is 11.6 Å². The van der Waals surface area contributed by atoms with Crippen LogP contribution in [0.5, 0.6) is 0 Å². The van der Waals surface area contributed by atoms with Crippen LogP contribution in [-0.2, 0) is 0 Å². The van der Waals surface area contributed by atoms with Crippen molar-refractivity contribution in [2.45, 2.75) is 19.9 Å². The number of hydrogen-bond donors (Lipinski definition) is 1. The molecule has 164 valence electrons. The summed E-state index contributed by atoms with van der Waals surface area (Å²) in [5.74, 6) is 0.463. The van der Waals surface area contributed by atoms with Crippen molar-refractivity contribution >= 4 is 28.6 Å². The average Bonchev–Trinajstić information content (AvgIpc) is 3.30. The van der Waals surface area contributed by atoms with Gasteiger partial charge in [0, 0.05) is 16.9 Å². The SMILES string of the molecule is CC1=C(c2nc(-c3ccc(F)cc3)no2)C(c2ccc(C)cc2)NC(=S)N1c1ccccc1. The van der Waals surface area contributed by atoms with E-state index < -0.39 is 0 Å². The summed E-state index contributed by atoms with van der Waals surface area (Å²) < 4.78 is 19.1. The molecule has 1 N–H and O–H groups in total. The number of rotatable bonds is 4. The van der Waals surface area contributed by atoms with Crippen molar-refractivity contribution in [2.24, 2.45) is 0 Å². The van der Waals surface area contributed by atoms with Crippen molar-refractivity contribution in [3.05, 3.63) is 107 Å². The number of allylic oxidation sites excluding steroid dienone is 1. The standard InChI is InChI=1S/C26H21FN4OS/c1-16-8-10-18(11-9-16)23-22(17(2)31(26(33)28-23)21-6-4-3-5-7-21)25-29-24(30-32-25)19-12-14-20(27)15-13-19/h3-15,23H,1-2H3,(H,28,33). The lowest BCUT2D eigenvalue weighted by Gasteiger charge is -2.37. The van der Waals surface area contributed by atoms with E-state index in [9.17, 15) is 4.39 Å². The van der Waals surface area contributed by atoms with Crippen LogP contribution in [-0.4, -0.2) is 15.3 Å². The molecule has 5 rings (SSSR count). The lowest BCUT2D eigenvalue weighted by atomic mass is 9.94. The third kappa shape index (κ3) is 4.03. The highest BCUT2D eigenvalue weighted by atomic mass is 32.1. The Kier molecular flexibility index (Phi) is 5.48. The summed E-state index contributed by atoms with van der Waals surface area (Å²) in [5.41, 5.74) is 5.54. The van der Waals surface area contributed by atoms with Crippen molar-refractivity contribution < 1.29 is 8.91 Å². The fourth-order valence-electron chi connectivity index (χ4n) is 3.97. The fourth-order valence-corrected chi connectivity index (χ4v) is 4.33. The zero-order chi connectivity index (χ0) is 22.9. The van der Waals surface area contributed by atoms with Crippen LogP contribution in [0.25, 0.3) is 17.0 Å². The maximum atomic E-state index is 13.4. The first-order chi connectivity index (χ1) is 16.0. The number of aromatic nitrogens is 2. The quantitative estimate of drug-likeness (QED) is 0.377. The van der Waals surface area contributed by atoms with Gasteiger partial charge in [-0.25, -0.2) is 4.39 Å². The minimum Gasteiger partial charge on any atom is -0.351 e. The molecule has 0 amide bonds. The molecule has 0 spiro atoms. The number of hydrogen-bond acceptors (Lipinski definition) is 4. The lowest BCUT2D eigenvalue weighted by molar-refractivity contribution is 0.404. The number of nitrogens with one attached hydrogen (secondary N) is 1. The first kappa shape index (κ1) is 21.0. The molecule has 1 aliphatic rings. The predicted octanol–water partition coefficient (Wildman–Crippen LogP) is 6.05. The summed E-state index contributed by atoms with van der Waals surface area (Å²) in [5, 5.41) is 8.21. The molecule has 33 heavy (non-hydrogen) atoms. The van der Waals surface area contributed by atoms with Gasteiger partial charge in [0.2, 0.25) is 5.82 Å². The third-order valence-corrected chi connectivity index (χ3v) is 5.97. The van der Waals surface area contributed by atoms with Crippen LogP contribution in [0.15, 0.2) is 89.1 Å². The van der Waals surface area contributed by atoms with E-state index in [-0.39, 0.29) is 11.9 Å². The maximum Gasteiger partial charge on any atom is 0.258 e. The van der Waals surface area contributed by atoms with E-state index >= 15 is 0 Å². The summed E-state index contributed by atoms with van der Waals surface area (Å²) in [4.78, 5) is 6.63. The number of anilines is 1. The minimum atomic E-state index is -0.316. The van der Waals surface area contributed by atoms with Gasteiger partial charge in [0.25, 0.3) is 5.89 Å². The van der Waals surface area contributed by atoms with Crippen molar-refractivity contribution in [3.8, 4) is 11.4 Å². The van der Waals surface area contributed by atoms with Crippen molar-refractivity contribution in [2.75, 3.05) is 4.90 Å². The Hall–Kier alpha value is -3.84. The van der Waals surface area contributed by atoms with E-state index in [0.29, 0.717) is 22.4 Å². The highest BCUT2D eigenvalue weighted by Crippen LogP contribution is 2.39. The van der Waals surface area contributed by atoms with Crippen molar-refractivity contribution in [1.82, 2.24) is 15.5 Å². The van der Waals surface area contributed by atoms with Gasteiger partial charge in [-0.1, -0.05) is 53.2 Å². The van der Waals surface area contributed by atoms with Crippen LogP contribution in [0.2, 0.25) is 0 Å². The minimum absolute atomic E-state index is 0.264. The molecule has 1 unspecified atom stereocenters. The van der Waals surface area contributed by atoms with E-state index in [1.54, 1.807) is 12.1 Å². The molecule has 0 bridgehead atoms. The molecule has 0 radical (unpaired) electrons. The molecule has 1 atom stereocenters. The lowest BCUT2D eigenvalue weighted by Crippen LogP contribution is -2.46. The number of halogens is 1. The Bertz CT molecular complexity index is 1330. The number of nitrogens with zero attached hydrogens (tertiary/aromatic N) is 3. The zero-order valence-corrected chi connectivity index (χ0v) is 18.9. The molecule has 1 aromatic heterocycles. The molecule has 4 aromatic rings. The molecular weight excluding hydrogens is 435 g/mol. The van der Waals surface area contributed by atoms with Gasteiger partial charge in [-0.3, -0.25) is 4.90 Å². The van der Waals surface area contributed by atoms with Crippen LogP contribution in [0, 0.1) is 12.7 Å². The van der Waals surface area contributed by atoms with Crippen LogP contribution < -0.4 is 10.2 Å². The molecule has 7 heteroatoms. The first-order valence-electron chi connectivity index (χ1n) is 10.5. The van der Waals surface area contributed by atoms with E-state index in [2.05, 4.69) is 46.6 Å². The van der Waals surface area contributed by atoms with Gasteiger partial charge in [-0.2, -0.15) is 4.98 Å². The maximum absolute atomic E-state index is 13.4. The van der Waals surface area contributed by atoms with E-state index in [1.807, 2.05) is 42.2 Å². The molecule has 2 heterocycles. The van der Waals surface area contributed by atoms with E-state index in [4.69, 9.17) is 16.7 Å². The zero-order valence-electron chi connectivity index (χ0n) is 18.1. The number of aryl methyl sites for hydroxylation is 1. The highest BCUT2D eigenvalue weighted by molar-refractivity contribution is 7.80. The second-order valence-corrected chi connectivity index (χ2v) is 8.28. The molecule has 0 saturated heterocycles. The third-order valence-electron chi connectivity index (χ3n) is 5.67. The van der Waals surface area contributed by atoms with Crippen molar-refractivity contribution in [1.29, 1.82) is 0 Å². The van der Waals surface area contributed by atoms with Crippen molar-refractivity contribution in [3.63, 3.8) is 0 Å². The summed E-state index contributed by atoms with van der Waals surface area (Å²) in [7, 11) is 0. The molecule has 0 saturated carbocycles. The first-order valence-corrected chi connectivity index (χ1v) is 10.9. The number of thiocarbonyl (C=S) groups is 1. The number of para-hydroxylation sites is 1. The number of benzene rings is 3. The molecule has 0 fully saturated rings. The summed E-state index contributed by atoms with van der Waals surface area (Å²) in [6, 6.07) is 23.9. The Balaban J connectivity index is 1.64. The van der Waals surface area contributed by atoms with Crippen LogP contribution >= 0.6 is 12.2 Å². The van der Waals surface area contributed by atoms with Gasteiger partial charge in [-0.05, 0) is 68.0 Å². The van der Waals surface area contributed by atoms with Gasteiger partial charge in [0.15, 0.2) is 5.11 Å². The molecule has 0 aliphatic carbocycles. The second-order valence-electron chi connectivity index (χ2n) is 7.89. The van der Waals surface area contributed by atoms with E-state index in [1.165, 1.54) is 17.7 Å². The molecule has 1 aliphatic heterocycles. The van der Waals surface area contributed by atoms with Gasteiger partial charge in [0.1, 0.15) is 5.82 Å². The average molecular weight is 457 g/mol. The van der Waals surface area contributed by atoms with Crippen LogP contribution in [0.3, 0.4) is 0 Å². The molecule has 3 aromatic carbocycles. The Morgan fingerprint density at radius 1 is 0.939 bits per heavy atom. The largest absolute Gasteiger partial charge is 0.351 e. The summed E-state index contributed by atoms with van der Waals surface area (Å²) in [6.45, 7) is 4.05. The van der Waals surface area contributed by atoms with Gasteiger partial charge in [-0.15, -0.1) is 0 Å². The van der Waals surface area contributed by atoms with Crippen LogP contribution in [0.1, 0.15) is 30.0 Å². The topological polar surface area (TPSA) is 54.2 Å². The molecule has 5 nitrogen and oxygen atoms in total. The monoisotopic (exact) mass is 456 g/mol. The van der Waals surface area contributed by atoms with Gasteiger partial charge >= 0.3 is 0 Å². The Morgan fingerprint density at radius 2 is 1.64 bits per heavy atom. The van der Waals surface area contributed by atoms with Crippen LogP contribution in [0.4, 0.5) is 10.1 Å². The smallest absolute Gasteiger partial charge is 0.258 e. The fraction of sp³-hybridized carbons (Fsp3) is 0.115. The normalized spacial score (nSPS) is 16.2. The second kappa shape index (κ2) is 8.60. The molecular formula is C26H21FN4OS. The predicted molar refractivity (Wildman–Crippen MR) is 131 cm³/mol. The highest BCUT2D eigenvalue weighted by Gasteiger charge is 2.34. The Morgan fingerprint density at radius 3 is 2.33 bits per heavy atom. The summed E-state index contributed by atoms with van der Waals surface area (Å²) >= 11 is 5.76. The summed E-state index contributed by atoms with van der Waals surface area (Å²) in [6.07, 6.45) is 0. The Labute approximate surface area is 196 Å². The van der Waals surface area contributed by atoms with E-state index in [0.717, 1.165) is 22.5 Å².